The Morgan fingerprint density at radius 3 is 2.23 bits per heavy atom. The maximum Gasteiger partial charge on any atom is 0.271 e. The monoisotopic (exact) mass is 417 g/mol. The van der Waals surface area contributed by atoms with Gasteiger partial charge in [0.05, 0.1) is 28.1 Å². The van der Waals surface area contributed by atoms with E-state index in [1.54, 1.807) is 37.3 Å². The summed E-state index contributed by atoms with van der Waals surface area (Å²) in [6, 6.07) is 10.5. The Hall–Kier alpha value is -3.81. The van der Waals surface area contributed by atoms with E-state index in [0.29, 0.717) is 22.5 Å². The van der Waals surface area contributed by atoms with Crippen molar-refractivity contribution in [3.8, 4) is 0 Å². The molecule has 4 atom stereocenters. The highest BCUT2D eigenvalue weighted by atomic mass is 16.6. The number of hydrogen-bond donors (Lipinski definition) is 1. The second kappa shape index (κ2) is 6.87. The number of nitrogens with one attached hydrogen (secondary N) is 1. The molecule has 156 valence electrons. The van der Waals surface area contributed by atoms with E-state index in [0.717, 1.165) is 6.42 Å². The van der Waals surface area contributed by atoms with Gasteiger partial charge in [-0.05, 0) is 55.0 Å². The SMILES string of the molecule is Cc1ccc([N+](=O)[O-])cc1NC(=O)c1ccc(N2C(=O)[C@@H]3[C@H](C2=O)[C@@H]2C=C[C@H]3C2)cc1. The fourth-order valence-corrected chi connectivity index (χ4v) is 4.97. The number of carbonyl (C=O) groups is 3. The minimum absolute atomic E-state index is 0.115. The summed E-state index contributed by atoms with van der Waals surface area (Å²) in [5, 5.41) is 13.7. The van der Waals surface area contributed by atoms with Crippen LogP contribution >= 0.6 is 0 Å². The minimum Gasteiger partial charge on any atom is -0.321 e. The molecular weight excluding hydrogens is 398 g/mol. The number of amides is 3. The summed E-state index contributed by atoms with van der Waals surface area (Å²) in [7, 11) is 0. The molecule has 2 aromatic carbocycles. The average Bonchev–Trinajstić information content (AvgIpc) is 3.43. The quantitative estimate of drug-likeness (QED) is 0.355. The van der Waals surface area contributed by atoms with Crippen LogP contribution in [0, 0.1) is 40.7 Å². The summed E-state index contributed by atoms with van der Waals surface area (Å²) in [6.07, 6.45) is 4.96. The Balaban J connectivity index is 1.35. The van der Waals surface area contributed by atoms with Crippen LogP contribution in [0.25, 0.3) is 0 Å². The van der Waals surface area contributed by atoms with Gasteiger partial charge < -0.3 is 5.32 Å². The van der Waals surface area contributed by atoms with E-state index in [2.05, 4.69) is 5.32 Å². The van der Waals surface area contributed by atoms with Gasteiger partial charge in [0.15, 0.2) is 0 Å². The molecule has 5 rings (SSSR count). The largest absolute Gasteiger partial charge is 0.321 e. The number of nitro groups is 1. The molecule has 1 heterocycles. The van der Waals surface area contributed by atoms with Gasteiger partial charge in [-0.25, -0.2) is 0 Å². The lowest BCUT2D eigenvalue weighted by molar-refractivity contribution is -0.384. The molecule has 3 amide bonds. The third kappa shape index (κ3) is 2.94. The highest BCUT2D eigenvalue weighted by Gasteiger charge is 2.59. The van der Waals surface area contributed by atoms with Crippen molar-refractivity contribution < 1.29 is 19.3 Å². The molecule has 0 spiro atoms. The average molecular weight is 417 g/mol. The van der Waals surface area contributed by atoms with Crippen molar-refractivity contribution in [1.82, 2.24) is 0 Å². The van der Waals surface area contributed by atoms with Crippen molar-refractivity contribution in [3.05, 3.63) is 75.9 Å². The third-order valence-corrected chi connectivity index (χ3v) is 6.54. The molecule has 8 heteroatoms. The molecule has 8 nitrogen and oxygen atoms in total. The Kier molecular flexibility index (Phi) is 4.25. The number of aryl methyl sites for hydroxylation is 1. The first-order valence-corrected chi connectivity index (χ1v) is 10.1. The lowest BCUT2D eigenvalue weighted by Gasteiger charge is -2.17. The van der Waals surface area contributed by atoms with Gasteiger partial charge in [-0.15, -0.1) is 0 Å². The van der Waals surface area contributed by atoms with Gasteiger partial charge in [0, 0.05) is 17.7 Å². The Morgan fingerprint density at radius 2 is 1.65 bits per heavy atom. The molecular formula is C23H19N3O5. The molecule has 1 aliphatic heterocycles. The standard InChI is InChI=1S/C23H19N3O5/c1-12-2-7-17(26(30)31)11-18(12)24-21(27)13-5-8-16(9-6-13)25-22(28)19-14-3-4-15(10-14)20(19)23(25)29/h2-9,11,14-15,19-20H,10H2,1H3,(H,24,27)/t14-,15+,19-,20+. The zero-order chi connectivity index (χ0) is 21.9. The summed E-state index contributed by atoms with van der Waals surface area (Å²) in [5.74, 6) is -1.05. The van der Waals surface area contributed by atoms with Crippen molar-refractivity contribution in [2.24, 2.45) is 23.7 Å². The number of non-ortho nitro benzene ring substituents is 1. The van der Waals surface area contributed by atoms with Crippen LogP contribution in [0.2, 0.25) is 0 Å². The van der Waals surface area contributed by atoms with Crippen LogP contribution in [0.1, 0.15) is 22.3 Å². The molecule has 2 aromatic rings. The molecule has 0 radical (unpaired) electrons. The van der Waals surface area contributed by atoms with Crippen molar-refractivity contribution in [1.29, 1.82) is 0 Å². The molecule has 3 aliphatic rings. The van der Waals surface area contributed by atoms with E-state index < -0.39 is 10.8 Å². The molecule has 31 heavy (non-hydrogen) atoms. The third-order valence-electron chi connectivity index (χ3n) is 6.54. The lowest BCUT2D eigenvalue weighted by atomic mass is 9.85. The first-order chi connectivity index (χ1) is 14.8. The van der Waals surface area contributed by atoms with Crippen molar-refractivity contribution in [3.63, 3.8) is 0 Å². The van der Waals surface area contributed by atoms with Gasteiger partial charge in [-0.1, -0.05) is 18.2 Å². The number of rotatable bonds is 4. The van der Waals surface area contributed by atoms with Crippen LogP contribution in [0.3, 0.4) is 0 Å². The number of anilines is 2. The van der Waals surface area contributed by atoms with Gasteiger partial charge >= 0.3 is 0 Å². The number of allylic oxidation sites excluding steroid dienone is 2. The van der Waals surface area contributed by atoms with Crippen LogP contribution in [-0.4, -0.2) is 22.6 Å². The van der Waals surface area contributed by atoms with E-state index in [1.807, 2.05) is 12.2 Å². The Bertz CT molecular complexity index is 1140. The van der Waals surface area contributed by atoms with E-state index in [1.165, 1.54) is 17.0 Å². The number of nitrogens with zero attached hydrogens (tertiary/aromatic N) is 2. The smallest absolute Gasteiger partial charge is 0.271 e. The van der Waals surface area contributed by atoms with E-state index >= 15 is 0 Å². The summed E-state index contributed by atoms with van der Waals surface area (Å²) in [5.41, 5.74) is 1.70. The number of carbonyl (C=O) groups excluding carboxylic acids is 3. The van der Waals surface area contributed by atoms with Crippen LogP contribution in [0.15, 0.2) is 54.6 Å². The van der Waals surface area contributed by atoms with Gasteiger partial charge in [0.2, 0.25) is 11.8 Å². The summed E-state index contributed by atoms with van der Waals surface area (Å²) >= 11 is 0. The highest BCUT2D eigenvalue weighted by molar-refractivity contribution is 6.23. The Labute approximate surface area is 177 Å². The van der Waals surface area contributed by atoms with Crippen LogP contribution < -0.4 is 10.2 Å². The fourth-order valence-electron chi connectivity index (χ4n) is 4.97. The first-order valence-electron chi connectivity index (χ1n) is 10.1. The molecule has 1 saturated heterocycles. The second-order valence-electron chi connectivity index (χ2n) is 8.27. The van der Waals surface area contributed by atoms with E-state index in [-0.39, 0.29) is 41.2 Å². The predicted octanol–water partition coefficient (Wildman–Crippen LogP) is 3.47. The summed E-state index contributed by atoms with van der Waals surface area (Å²) < 4.78 is 0. The van der Waals surface area contributed by atoms with E-state index in [4.69, 9.17) is 0 Å². The highest BCUT2D eigenvalue weighted by Crippen LogP contribution is 2.53. The van der Waals surface area contributed by atoms with Gasteiger partial charge in [-0.3, -0.25) is 29.4 Å². The first kappa shape index (κ1) is 19.2. The number of fused-ring (bicyclic) bond motifs is 5. The van der Waals surface area contributed by atoms with Gasteiger partial charge in [0.1, 0.15) is 0 Å². The summed E-state index contributed by atoms with van der Waals surface area (Å²) in [6.45, 7) is 1.74. The van der Waals surface area contributed by atoms with Crippen LogP contribution in [-0.2, 0) is 9.59 Å². The van der Waals surface area contributed by atoms with Crippen molar-refractivity contribution >= 4 is 34.8 Å². The number of imide groups is 1. The molecule has 1 N–H and O–H groups in total. The maximum atomic E-state index is 12.9. The molecule has 2 fully saturated rings. The number of hydrogen-bond acceptors (Lipinski definition) is 5. The fraction of sp³-hybridized carbons (Fsp3) is 0.261. The zero-order valence-corrected chi connectivity index (χ0v) is 16.6. The van der Waals surface area contributed by atoms with Crippen molar-refractivity contribution in [2.45, 2.75) is 13.3 Å². The second-order valence-corrected chi connectivity index (χ2v) is 8.27. The maximum absolute atomic E-state index is 12.9. The number of benzene rings is 2. The number of nitro benzene ring substituents is 1. The summed E-state index contributed by atoms with van der Waals surface area (Å²) in [4.78, 5) is 50.1. The topological polar surface area (TPSA) is 110 Å². The molecule has 2 bridgehead atoms. The van der Waals surface area contributed by atoms with Gasteiger partial charge in [0.25, 0.3) is 11.6 Å². The predicted molar refractivity (Wildman–Crippen MR) is 112 cm³/mol. The van der Waals surface area contributed by atoms with Crippen LogP contribution in [0.4, 0.5) is 17.1 Å². The molecule has 1 saturated carbocycles. The zero-order valence-electron chi connectivity index (χ0n) is 16.6. The van der Waals surface area contributed by atoms with Crippen LogP contribution in [0.5, 0.6) is 0 Å². The lowest BCUT2D eigenvalue weighted by Crippen LogP contribution is -2.32. The molecule has 2 aliphatic carbocycles. The molecule has 0 unspecified atom stereocenters. The van der Waals surface area contributed by atoms with E-state index in [9.17, 15) is 24.5 Å². The minimum atomic E-state index is -0.523. The van der Waals surface area contributed by atoms with Crippen molar-refractivity contribution in [2.75, 3.05) is 10.2 Å². The molecule has 0 aromatic heterocycles. The normalized spacial score (nSPS) is 25.8. The Morgan fingerprint density at radius 1 is 1.03 bits per heavy atom. The van der Waals surface area contributed by atoms with Gasteiger partial charge in [-0.2, -0.15) is 0 Å².